The molecule has 0 aliphatic heterocycles. The maximum absolute atomic E-state index is 6.25. The Balaban J connectivity index is 2.81. The fraction of sp³-hybridized carbons (Fsp3) is 0.630. The zero-order chi connectivity index (χ0) is 24.8. The van der Waals surface area contributed by atoms with Crippen LogP contribution in [0.25, 0.3) is 0 Å². The molecule has 32 heavy (non-hydrogen) atoms. The summed E-state index contributed by atoms with van der Waals surface area (Å²) in [6, 6.07) is 4.84. The van der Waals surface area contributed by atoms with Crippen molar-refractivity contribution < 1.29 is 35.9 Å². The van der Waals surface area contributed by atoms with E-state index in [9.17, 15) is 0 Å². The Bertz CT molecular complexity index is 852. The maximum atomic E-state index is 6.25. The van der Waals surface area contributed by atoms with Crippen LogP contribution in [0.5, 0.6) is 5.75 Å². The van der Waals surface area contributed by atoms with Crippen LogP contribution >= 0.6 is 0 Å². The summed E-state index contributed by atoms with van der Waals surface area (Å²) in [6.45, 7) is 30.0. The summed E-state index contributed by atoms with van der Waals surface area (Å²) in [5, 5.41) is 1.53. The van der Waals surface area contributed by atoms with Crippen LogP contribution in [0.1, 0.15) is 31.9 Å². The molecule has 0 N–H and O–H groups in total. The van der Waals surface area contributed by atoms with Gasteiger partial charge in [-0.1, -0.05) is 0 Å². The van der Waals surface area contributed by atoms with Gasteiger partial charge in [-0.3, -0.25) is 0 Å². The van der Waals surface area contributed by atoms with E-state index in [-0.39, 0.29) is 6.67 Å². The van der Waals surface area contributed by atoms with Crippen molar-refractivity contribution in [2.24, 2.45) is 0 Å². The van der Waals surface area contributed by atoms with Crippen LogP contribution in [0, 0.1) is 38.0 Å². The van der Waals surface area contributed by atoms with E-state index in [2.05, 4.69) is 117 Å². The fourth-order valence-corrected chi connectivity index (χ4v) is 35.1. The summed E-state index contributed by atoms with van der Waals surface area (Å²) in [4.78, 5) is 0. The number of ether oxygens (including phenoxy) is 1. The first-order valence-electron chi connectivity index (χ1n) is 11.8. The molecule has 0 bridgehead atoms. The van der Waals surface area contributed by atoms with Crippen LogP contribution in [0.4, 0.5) is 0 Å². The van der Waals surface area contributed by atoms with Gasteiger partial charge < -0.3 is 0 Å². The molecule has 0 atom stereocenters. The molecule has 1 aliphatic carbocycles. The van der Waals surface area contributed by atoms with Gasteiger partial charge in [0.05, 0.1) is 0 Å². The SMILES string of the molecule is COc1c(C(C)(C)C)cc(C)cc1[Si](C)(C)[C]1([Lu]([CH2][Si](C)(C)C)[CH2][Si](C)(C)C)C=CC=C1. The fourth-order valence-electron chi connectivity index (χ4n) is 4.24. The Morgan fingerprint density at radius 1 is 0.844 bits per heavy atom. The third kappa shape index (κ3) is 6.33. The van der Waals surface area contributed by atoms with Gasteiger partial charge >= 0.3 is 217 Å². The number of aryl methyl sites for hydroxylation is 1. The normalized spacial score (nSPS) is 17.1. The van der Waals surface area contributed by atoms with Gasteiger partial charge in [0.25, 0.3) is 0 Å². The van der Waals surface area contributed by atoms with Crippen molar-refractivity contribution in [3.8, 4) is 5.75 Å². The zero-order valence-electron chi connectivity index (χ0n) is 23.0. The Hall–Kier alpha value is 0.384. The van der Waals surface area contributed by atoms with Crippen molar-refractivity contribution in [3.63, 3.8) is 0 Å². The van der Waals surface area contributed by atoms with Crippen LogP contribution in [-0.2, 0) is 5.41 Å². The second kappa shape index (κ2) is 9.80. The summed E-state index contributed by atoms with van der Waals surface area (Å²) >= 11 is -0.751. The summed E-state index contributed by atoms with van der Waals surface area (Å²) < 4.78 is 9.51. The van der Waals surface area contributed by atoms with E-state index in [1.165, 1.54) is 20.8 Å². The van der Waals surface area contributed by atoms with Gasteiger partial charge in [-0.15, -0.1) is 0 Å². The summed E-state index contributed by atoms with van der Waals surface area (Å²) in [6.07, 6.45) is 10.0. The Morgan fingerprint density at radius 2 is 1.31 bits per heavy atom. The number of hydrogen-bond donors (Lipinski definition) is 0. The number of rotatable bonds is 8. The van der Waals surface area contributed by atoms with E-state index in [0.29, 0.717) is 0 Å². The van der Waals surface area contributed by atoms with Crippen LogP contribution in [0.15, 0.2) is 36.4 Å². The third-order valence-corrected chi connectivity index (χ3v) is 32.7. The molecule has 190 valence electrons. The predicted octanol–water partition coefficient (Wildman–Crippen LogP) is 8.25. The van der Waals surface area contributed by atoms with E-state index in [4.69, 9.17) is 4.74 Å². The predicted molar refractivity (Wildman–Crippen MR) is 151 cm³/mol. The molecule has 0 spiro atoms. The average molecular weight is 649 g/mol. The second-order valence-corrected chi connectivity index (χ2v) is 36.1. The molecule has 1 aliphatic rings. The molecule has 0 saturated carbocycles. The van der Waals surface area contributed by atoms with Gasteiger partial charge in [0.1, 0.15) is 0 Å². The Kier molecular flexibility index (Phi) is 8.76. The van der Waals surface area contributed by atoms with E-state index in [0.717, 1.165) is 5.75 Å². The van der Waals surface area contributed by atoms with Gasteiger partial charge in [-0.25, -0.2) is 0 Å². The zero-order valence-corrected chi connectivity index (χ0v) is 27.7. The van der Waals surface area contributed by atoms with E-state index in [1.807, 2.05) is 7.11 Å². The minimum absolute atomic E-state index is 0.0658. The van der Waals surface area contributed by atoms with Crippen LogP contribution in [0.2, 0.25) is 58.2 Å². The Labute approximate surface area is 215 Å². The molecule has 1 aromatic carbocycles. The Morgan fingerprint density at radius 3 is 1.69 bits per heavy atom. The van der Waals surface area contributed by atoms with Crippen LogP contribution in [0.3, 0.4) is 0 Å². The molecule has 0 heterocycles. The standard InChI is InChI=1S/C19H27OSi.2C4H11Si.Lu/c1-14-12-16(19(2,3)4)18(20-5)17(13-14)21(6,7)15-10-8-9-11-15;2*1-5(2,3)4;/h8-13H,1-7H3;2*1H2,2-4H3;. The van der Waals surface area contributed by atoms with Crippen molar-refractivity contribution in [1.29, 1.82) is 0 Å². The molecule has 5 heteroatoms. The second-order valence-electron chi connectivity index (χ2n) is 13.3. The first-order chi connectivity index (χ1) is 14.3. The summed E-state index contributed by atoms with van der Waals surface area (Å²) in [5.41, 5.74) is 2.80. The topological polar surface area (TPSA) is 9.23 Å². The molecular formula is C27H49LuOSi3. The number of hydrogen-bond acceptors (Lipinski definition) is 1. The molecule has 1 aromatic rings. The van der Waals surface area contributed by atoms with Gasteiger partial charge in [-0.2, -0.15) is 0 Å². The monoisotopic (exact) mass is 648 g/mol. The molecule has 0 radical (unpaired) electrons. The first-order valence-corrected chi connectivity index (χ1v) is 25.4. The molecule has 0 fully saturated rings. The van der Waals surface area contributed by atoms with Crippen molar-refractivity contribution >= 4 is 29.4 Å². The van der Waals surface area contributed by atoms with Gasteiger partial charge in [0, 0.05) is 0 Å². The number of allylic oxidation sites excluding steroid dienone is 4. The van der Waals surface area contributed by atoms with E-state index in [1.54, 1.807) is 0 Å². The quantitative estimate of drug-likeness (QED) is 0.258. The third-order valence-electron chi connectivity index (χ3n) is 5.62. The van der Waals surface area contributed by atoms with Crippen molar-refractivity contribution in [3.05, 3.63) is 47.6 Å². The molecule has 0 unspecified atom stereocenters. The average Bonchev–Trinajstić information content (AvgIpc) is 3.09. The van der Waals surface area contributed by atoms with Gasteiger partial charge in [0.15, 0.2) is 0 Å². The molecule has 0 saturated heterocycles. The molecule has 2 rings (SSSR count). The van der Waals surface area contributed by atoms with Crippen LogP contribution < -0.4 is 9.92 Å². The van der Waals surface area contributed by atoms with Crippen molar-refractivity contribution in [2.75, 3.05) is 7.11 Å². The van der Waals surface area contributed by atoms with Crippen molar-refractivity contribution in [1.82, 2.24) is 0 Å². The first kappa shape index (κ1) is 28.6. The summed E-state index contributed by atoms with van der Waals surface area (Å²) in [7, 11) is -2.47. The van der Waals surface area contributed by atoms with E-state index < -0.39 is 55.3 Å². The summed E-state index contributed by atoms with van der Waals surface area (Å²) in [5.74, 6) is 1.16. The number of methoxy groups -OCH3 is 1. The molecule has 1 nitrogen and oxygen atoms in total. The van der Waals surface area contributed by atoms with Gasteiger partial charge in [-0.05, 0) is 0 Å². The molecule has 0 amide bonds. The number of benzene rings is 1. The van der Waals surface area contributed by atoms with Gasteiger partial charge in [0.2, 0.25) is 0 Å². The van der Waals surface area contributed by atoms with E-state index >= 15 is 0 Å². The minimum atomic E-state index is -1.97. The van der Waals surface area contributed by atoms with Crippen molar-refractivity contribution in [2.45, 2.75) is 91.3 Å². The molecular weight excluding hydrogens is 600 g/mol. The van der Waals surface area contributed by atoms with Crippen LogP contribution in [-0.4, -0.2) is 31.3 Å². The molecule has 0 aromatic heterocycles.